The average molecular weight is 287 g/mol. The molecule has 0 saturated heterocycles. The Balaban J connectivity index is 3.06. The molecule has 1 aromatic carbocycles. The van der Waals surface area contributed by atoms with Crippen molar-refractivity contribution in [2.75, 3.05) is 5.75 Å². The van der Waals surface area contributed by atoms with Gasteiger partial charge in [-0.25, -0.2) is 9.18 Å². The first-order valence-corrected chi connectivity index (χ1v) is 6.65. The number of benzene rings is 1. The fraction of sp³-hybridized carbons (Fsp3) is 0.417. The number of aromatic carboxylic acids is 1. The molecule has 0 atom stereocenters. The highest BCUT2D eigenvalue weighted by molar-refractivity contribution is 7.99. The molecule has 1 rings (SSSR count). The first kappa shape index (κ1) is 15.4. The molecule has 5 nitrogen and oxygen atoms in total. The Morgan fingerprint density at radius 1 is 1.53 bits per heavy atom. The Morgan fingerprint density at radius 3 is 2.63 bits per heavy atom. The standard InChI is InChI=1S/C12H14FNO4S/c1-7(2)3-4-19-11-6-9(13)8(12(15)16)5-10(11)14(17)18/h5-7H,3-4H2,1-2H3,(H,15,16). The van der Waals surface area contributed by atoms with Gasteiger partial charge in [0, 0.05) is 6.07 Å². The van der Waals surface area contributed by atoms with Gasteiger partial charge in [0.15, 0.2) is 0 Å². The summed E-state index contributed by atoms with van der Waals surface area (Å²) in [5.74, 6) is -1.41. The second-order valence-electron chi connectivity index (χ2n) is 4.39. The van der Waals surface area contributed by atoms with Crippen LogP contribution in [0.1, 0.15) is 30.6 Å². The van der Waals surface area contributed by atoms with Crippen LogP contribution in [0.25, 0.3) is 0 Å². The summed E-state index contributed by atoms with van der Waals surface area (Å²) in [4.78, 5) is 21.1. The minimum atomic E-state index is -1.51. The first-order valence-electron chi connectivity index (χ1n) is 5.67. The van der Waals surface area contributed by atoms with Gasteiger partial charge >= 0.3 is 5.97 Å². The molecule has 1 N–H and O–H groups in total. The summed E-state index contributed by atoms with van der Waals surface area (Å²) in [6.45, 7) is 4.03. The molecule has 0 aliphatic rings. The molecule has 1 aromatic rings. The highest BCUT2D eigenvalue weighted by Gasteiger charge is 2.22. The number of carboxylic acids is 1. The molecule has 0 fully saturated rings. The zero-order chi connectivity index (χ0) is 14.6. The van der Waals surface area contributed by atoms with Crippen molar-refractivity contribution >= 4 is 23.4 Å². The van der Waals surface area contributed by atoms with Gasteiger partial charge in [0.05, 0.1) is 9.82 Å². The van der Waals surface area contributed by atoms with Crippen molar-refractivity contribution in [1.82, 2.24) is 0 Å². The summed E-state index contributed by atoms with van der Waals surface area (Å²) >= 11 is 1.16. The lowest BCUT2D eigenvalue weighted by Gasteiger charge is -2.06. The monoisotopic (exact) mass is 287 g/mol. The molecule has 0 aromatic heterocycles. The lowest BCUT2D eigenvalue weighted by molar-refractivity contribution is -0.387. The molecular formula is C12H14FNO4S. The van der Waals surface area contributed by atoms with Gasteiger partial charge in [-0.15, -0.1) is 11.8 Å². The number of nitrogens with zero attached hydrogens (tertiary/aromatic N) is 1. The predicted octanol–water partition coefficient (Wildman–Crippen LogP) is 3.57. The van der Waals surface area contributed by atoms with E-state index >= 15 is 0 Å². The zero-order valence-electron chi connectivity index (χ0n) is 10.6. The molecule has 0 radical (unpaired) electrons. The van der Waals surface area contributed by atoms with Gasteiger partial charge in [-0.05, 0) is 24.2 Å². The van der Waals surface area contributed by atoms with E-state index in [-0.39, 0.29) is 10.6 Å². The number of rotatable bonds is 6. The average Bonchev–Trinajstić information content (AvgIpc) is 2.27. The molecular weight excluding hydrogens is 273 g/mol. The van der Waals surface area contributed by atoms with Crippen LogP contribution in [-0.2, 0) is 0 Å². The fourth-order valence-corrected chi connectivity index (χ4v) is 2.65. The van der Waals surface area contributed by atoms with Gasteiger partial charge in [0.25, 0.3) is 5.69 Å². The third-order valence-corrected chi connectivity index (χ3v) is 3.51. The van der Waals surface area contributed by atoms with E-state index in [9.17, 15) is 19.3 Å². The number of thioether (sulfide) groups is 1. The van der Waals surface area contributed by atoms with E-state index in [0.29, 0.717) is 11.7 Å². The number of hydrogen-bond acceptors (Lipinski definition) is 4. The van der Waals surface area contributed by atoms with E-state index in [2.05, 4.69) is 0 Å². The fourth-order valence-electron chi connectivity index (χ4n) is 1.37. The van der Waals surface area contributed by atoms with Gasteiger partial charge in [0.1, 0.15) is 11.4 Å². The van der Waals surface area contributed by atoms with E-state index in [1.165, 1.54) is 0 Å². The quantitative estimate of drug-likeness (QED) is 0.491. The minimum Gasteiger partial charge on any atom is -0.478 e. The normalized spacial score (nSPS) is 10.7. The smallest absolute Gasteiger partial charge is 0.338 e. The van der Waals surface area contributed by atoms with E-state index < -0.39 is 22.3 Å². The predicted molar refractivity (Wildman–Crippen MR) is 70.2 cm³/mol. The maximum Gasteiger partial charge on any atom is 0.338 e. The third-order valence-electron chi connectivity index (χ3n) is 2.43. The highest BCUT2D eigenvalue weighted by atomic mass is 32.2. The van der Waals surface area contributed by atoms with Crippen LogP contribution in [0.5, 0.6) is 0 Å². The van der Waals surface area contributed by atoms with Crippen molar-refractivity contribution in [3.05, 3.63) is 33.6 Å². The number of carboxylic acid groups (broad SMARTS) is 1. The lowest BCUT2D eigenvalue weighted by atomic mass is 10.2. The molecule has 0 bridgehead atoms. The lowest BCUT2D eigenvalue weighted by Crippen LogP contribution is -2.03. The van der Waals surface area contributed by atoms with Crippen molar-refractivity contribution < 1.29 is 19.2 Å². The van der Waals surface area contributed by atoms with E-state index in [4.69, 9.17) is 5.11 Å². The van der Waals surface area contributed by atoms with Crippen LogP contribution in [0.4, 0.5) is 10.1 Å². The Labute approximate surface area is 114 Å². The number of carbonyl (C=O) groups is 1. The molecule has 0 saturated carbocycles. The van der Waals surface area contributed by atoms with Crippen molar-refractivity contribution in [2.24, 2.45) is 5.92 Å². The molecule has 0 spiro atoms. The van der Waals surface area contributed by atoms with Gasteiger partial charge < -0.3 is 5.11 Å². The van der Waals surface area contributed by atoms with Crippen LogP contribution in [0, 0.1) is 21.8 Å². The second-order valence-corrected chi connectivity index (χ2v) is 5.53. The minimum absolute atomic E-state index is 0.160. The summed E-state index contributed by atoms with van der Waals surface area (Å²) in [7, 11) is 0. The van der Waals surface area contributed by atoms with Crippen LogP contribution in [0.3, 0.4) is 0 Å². The SMILES string of the molecule is CC(C)CCSc1cc(F)c(C(=O)O)cc1[N+](=O)[O-]. The largest absolute Gasteiger partial charge is 0.478 e. The van der Waals surface area contributed by atoms with Crippen LogP contribution < -0.4 is 0 Å². The highest BCUT2D eigenvalue weighted by Crippen LogP contribution is 2.32. The van der Waals surface area contributed by atoms with Crippen molar-refractivity contribution in [1.29, 1.82) is 0 Å². The third kappa shape index (κ3) is 4.20. The van der Waals surface area contributed by atoms with Gasteiger partial charge in [0.2, 0.25) is 0 Å². The topological polar surface area (TPSA) is 80.4 Å². The van der Waals surface area contributed by atoms with Crippen LogP contribution in [0.2, 0.25) is 0 Å². The molecule has 0 aliphatic carbocycles. The van der Waals surface area contributed by atoms with E-state index in [1.54, 1.807) is 0 Å². The Bertz CT molecular complexity index is 505. The van der Waals surface area contributed by atoms with Crippen molar-refractivity contribution in [2.45, 2.75) is 25.2 Å². The molecule has 0 heterocycles. The van der Waals surface area contributed by atoms with Crippen LogP contribution in [0.15, 0.2) is 17.0 Å². The Kier molecular flexibility index (Phi) is 5.29. The maximum absolute atomic E-state index is 13.5. The summed E-state index contributed by atoms with van der Waals surface area (Å²) in [5, 5.41) is 19.6. The Hall–Kier alpha value is -1.63. The summed E-state index contributed by atoms with van der Waals surface area (Å²) < 4.78 is 13.5. The van der Waals surface area contributed by atoms with Gasteiger partial charge in [-0.1, -0.05) is 13.8 Å². The molecule has 7 heteroatoms. The second kappa shape index (κ2) is 6.51. The molecule has 104 valence electrons. The number of hydrogen-bond donors (Lipinski definition) is 1. The van der Waals surface area contributed by atoms with Gasteiger partial charge in [-0.3, -0.25) is 10.1 Å². The number of nitro groups is 1. The molecule has 0 amide bonds. The number of halogens is 1. The van der Waals surface area contributed by atoms with Crippen LogP contribution >= 0.6 is 11.8 Å². The summed E-state index contributed by atoms with van der Waals surface area (Å²) in [6, 6.07) is 1.70. The molecule has 0 aliphatic heterocycles. The summed E-state index contributed by atoms with van der Waals surface area (Å²) in [6.07, 6.45) is 0.837. The van der Waals surface area contributed by atoms with Gasteiger partial charge in [-0.2, -0.15) is 0 Å². The first-order chi connectivity index (χ1) is 8.82. The number of nitro benzene ring substituents is 1. The van der Waals surface area contributed by atoms with E-state index in [1.807, 2.05) is 13.8 Å². The molecule has 0 unspecified atom stereocenters. The maximum atomic E-state index is 13.5. The van der Waals surface area contributed by atoms with Crippen molar-refractivity contribution in [3.63, 3.8) is 0 Å². The summed E-state index contributed by atoms with van der Waals surface area (Å²) in [5.41, 5.74) is -1.05. The van der Waals surface area contributed by atoms with Crippen molar-refractivity contribution in [3.8, 4) is 0 Å². The van der Waals surface area contributed by atoms with E-state index in [0.717, 1.165) is 30.3 Å². The zero-order valence-corrected chi connectivity index (χ0v) is 11.4. The van der Waals surface area contributed by atoms with Crippen LogP contribution in [-0.4, -0.2) is 21.8 Å². The molecule has 19 heavy (non-hydrogen) atoms. The Morgan fingerprint density at radius 2 is 2.16 bits per heavy atom.